The molecular formula is C23H24O4. The molecule has 0 saturated carbocycles. The fourth-order valence-corrected chi connectivity index (χ4v) is 3.31. The van der Waals surface area contributed by atoms with Crippen LogP contribution >= 0.6 is 0 Å². The molecular weight excluding hydrogens is 340 g/mol. The molecule has 0 saturated heterocycles. The minimum atomic E-state index is -0.549. The lowest BCUT2D eigenvalue weighted by Gasteiger charge is -2.23. The fourth-order valence-electron chi connectivity index (χ4n) is 3.31. The Hall–Kier alpha value is -2.88. The topological polar surface area (TPSA) is 56.5 Å². The molecule has 140 valence electrons. The quantitative estimate of drug-likeness (QED) is 0.586. The summed E-state index contributed by atoms with van der Waals surface area (Å²) in [4.78, 5) is 23.9. The zero-order valence-corrected chi connectivity index (χ0v) is 16.2. The molecule has 0 amide bonds. The number of rotatable bonds is 6. The minimum absolute atomic E-state index is 0.0667. The van der Waals surface area contributed by atoms with Gasteiger partial charge in [0, 0.05) is 23.0 Å². The van der Waals surface area contributed by atoms with Crippen LogP contribution < -0.4 is 10.2 Å². The average molecular weight is 364 g/mol. The first kappa shape index (κ1) is 18.9. The lowest BCUT2D eigenvalue weighted by molar-refractivity contribution is -0.108. The lowest BCUT2D eigenvalue weighted by Crippen LogP contribution is -2.23. The van der Waals surface area contributed by atoms with Crippen molar-refractivity contribution < 1.29 is 13.9 Å². The molecule has 3 rings (SSSR count). The summed E-state index contributed by atoms with van der Waals surface area (Å²) in [5.74, 6) is 1.23. The van der Waals surface area contributed by atoms with E-state index in [2.05, 4.69) is 0 Å². The number of hydrogen-bond acceptors (Lipinski definition) is 4. The molecule has 0 fully saturated rings. The third-order valence-corrected chi connectivity index (χ3v) is 4.93. The first-order chi connectivity index (χ1) is 12.8. The van der Waals surface area contributed by atoms with Crippen molar-refractivity contribution in [1.29, 1.82) is 0 Å². The van der Waals surface area contributed by atoms with Gasteiger partial charge in [0.2, 0.25) is 0 Å². The van der Waals surface area contributed by atoms with Crippen molar-refractivity contribution in [1.82, 2.24) is 0 Å². The fraction of sp³-hybridized carbons (Fsp3) is 0.304. The van der Waals surface area contributed by atoms with Gasteiger partial charge in [-0.2, -0.15) is 0 Å². The molecule has 0 unspecified atom stereocenters. The summed E-state index contributed by atoms with van der Waals surface area (Å²) in [6.07, 6.45) is 1.14. The highest BCUT2D eigenvalue weighted by Gasteiger charge is 2.28. The molecule has 27 heavy (non-hydrogen) atoms. The largest absolute Gasteiger partial charge is 0.488 e. The third-order valence-electron chi connectivity index (χ3n) is 4.93. The van der Waals surface area contributed by atoms with Gasteiger partial charge in [0.25, 0.3) is 0 Å². The van der Waals surface area contributed by atoms with E-state index < -0.39 is 5.41 Å². The van der Waals surface area contributed by atoms with E-state index in [1.807, 2.05) is 57.2 Å². The Labute approximate surface area is 158 Å². The predicted octanol–water partition coefficient (Wildman–Crippen LogP) is 4.86. The standard InChI is InChI=1S/C23H24O4/c1-15-19(26-14-17-8-6-5-7-9-17)11-10-18-20(25)16(2)22(27-21(15)18)23(3,4)12-13-24/h5-11,13H,12,14H2,1-4H3. The van der Waals surface area contributed by atoms with Crippen molar-refractivity contribution in [2.75, 3.05) is 0 Å². The number of carbonyl (C=O) groups excluding carboxylic acids is 1. The van der Waals surface area contributed by atoms with Crippen LogP contribution in [0.2, 0.25) is 0 Å². The highest BCUT2D eigenvalue weighted by atomic mass is 16.5. The van der Waals surface area contributed by atoms with Crippen LogP contribution in [-0.2, 0) is 16.8 Å². The number of ether oxygens (including phenoxy) is 1. The van der Waals surface area contributed by atoms with Crippen molar-refractivity contribution >= 4 is 17.3 Å². The van der Waals surface area contributed by atoms with E-state index in [-0.39, 0.29) is 11.8 Å². The van der Waals surface area contributed by atoms with Gasteiger partial charge in [-0.15, -0.1) is 0 Å². The normalized spacial score (nSPS) is 11.6. The zero-order valence-electron chi connectivity index (χ0n) is 16.2. The van der Waals surface area contributed by atoms with E-state index >= 15 is 0 Å². The first-order valence-corrected chi connectivity index (χ1v) is 9.03. The van der Waals surface area contributed by atoms with Crippen molar-refractivity contribution in [3.63, 3.8) is 0 Å². The van der Waals surface area contributed by atoms with Gasteiger partial charge >= 0.3 is 0 Å². The van der Waals surface area contributed by atoms with Gasteiger partial charge < -0.3 is 13.9 Å². The molecule has 1 heterocycles. The Morgan fingerprint density at radius 3 is 2.41 bits per heavy atom. The van der Waals surface area contributed by atoms with Gasteiger partial charge in [0.1, 0.15) is 30.0 Å². The van der Waals surface area contributed by atoms with Gasteiger partial charge in [0.05, 0.1) is 5.39 Å². The van der Waals surface area contributed by atoms with Crippen LogP contribution in [0.15, 0.2) is 51.7 Å². The molecule has 4 nitrogen and oxygen atoms in total. The van der Waals surface area contributed by atoms with Crippen molar-refractivity contribution in [3.05, 3.63) is 75.1 Å². The Morgan fingerprint density at radius 1 is 1.04 bits per heavy atom. The van der Waals surface area contributed by atoms with Gasteiger partial charge in [-0.3, -0.25) is 4.79 Å². The molecule has 0 aliphatic carbocycles. The van der Waals surface area contributed by atoms with Crippen LogP contribution in [0.5, 0.6) is 5.75 Å². The SMILES string of the molecule is Cc1c(C(C)(C)CC=O)oc2c(C)c(OCc3ccccc3)ccc2c1=O. The van der Waals surface area contributed by atoms with E-state index in [9.17, 15) is 9.59 Å². The smallest absolute Gasteiger partial charge is 0.195 e. The molecule has 2 aromatic carbocycles. The lowest BCUT2D eigenvalue weighted by atomic mass is 9.84. The monoisotopic (exact) mass is 364 g/mol. The van der Waals surface area contributed by atoms with E-state index in [0.717, 1.165) is 17.4 Å². The minimum Gasteiger partial charge on any atom is -0.488 e. The average Bonchev–Trinajstić information content (AvgIpc) is 2.65. The Kier molecular flexibility index (Phi) is 5.17. The molecule has 0 bridgehead atoms. The molecule has 0 aliphatic rings. The Morgan fingerprint density at radius 2 is 1.74 bits per heavy atom. The molecule has 0 aliphatic heterocycles. The second kappa shape index (κ2) is 7.39. The molecule has 3 aromatic rings. The first-order valence-electron chi connectivity index (χ1n) is 9.03. The predicted molar refractivity (Wildman–Crippen MR) is 106 cm³/mol. The Bertz CT molecular complexity index is 1030. The molecule has 0 atom stereocenters. The van der Waals surface area contributed by atoms with Crippen molar-refractivity contribution in [2.24, 2.45) is 0 Å². The van der Waals surface area contributed by atoms with Crippen molar-refractivity contribution in [3.8, 4) is 5.75 Å². The number of benzene rings is 2. The maximum atomic E-state index is 12.9. The number of carbonyl (C=O) groups is 1. The highest BCUT2D eigenvalue weighted by molar-refractivity contribution is 5.82. The maximum Gasteiger partial charge on any atom is 0.195 e. The second-order valence-electron chi connectivity index (χ2n) is 7.48. The summed E-state index contributed by atoms with van der Waals surface area (Å²) in [6.45, 7) is 7.89. The second-order valence-corrected chi connectivity index (χ2v) is 7.48. The Balaban J connectivity index is 2.07. The number of aryl methyl sites for hydroxylation is 1. The summed E-state index contributed by atoms with van der Waals surface area (Å²) in [5, 5.41) is 0.530. The molecule has 0 N–H and O–H groups in total. The van der Waals surface area contributed by atoms with Crippen LogP contribution in [-0.4, -0.2) is 6.29 Å². The number of aldehydes is 1. The summed E-state index contributed by atoms with van der Waals surface area (Å²) in [6, 6.07) is 13.5. The number of hydrogen-bond donors (Lipinski definition) is 0. The zero-order chi connectivity index (χ0) is 19.6. The van der Waals surface area contributed by atoms with E-state index in [1.54, 1.807) is 13.0 Å². The van der Waals surface area contributed by atoms with E-state index in [0.29, 0.717) is 34.6 Å². The van der Waals surface area contributed by atoms with Crippen LogP contribution in [0.4, 0.5) is 0 Å². The van der Waals surface area contributed by atoms with Gasteiger partial charge in [0.15, 0.2) is 5.43 Å². The summed E-state index contributed by atoms with van der Waals surface area (Å²) in [5.41, 5.74) is 2.30. The summed E-state index contributed by atoms with van der Waals surface area (Å²) < 4.78 is 12.1. The number of fused-ring (bicyclic) bond motifs is 1. The summed E-state index contributed by atoms with van der Waals surface area (Å²) >= 11 is 0. The molecule has 4 heteroatoms. The van der Waals surface area contributed by atoms with E-state index in [4.69, 9.17) is 9.15 Å². The van der Waals surface area contributed by atoms with Crippen LogP contribution in [0.25, 0.3) is 11.0 Å². The molecule has 0 radical (unpaired) electrons. The van der Waals surface area contributed by atoms with Gasteiger partial charge in [-0.05, 0) is 31.5 Å². The van der Waals surface area contributed by atoms with Crippen molar-refractivity contribution in [2.45, 2.75) is 46.1 Å². The van der Waals surface area contributed by atoms with E-state index in [1.165, 1.54) is 0 Å². The van der Waals surface area contributed by atoms with Gasteiger partial charge in [-0.1, -0.05) is 44.2 Å². The summed E-state index contributed by atoms with van der Waals surface area (Å²) in [7, 11) is 0. The van der Waals surface area contributed by atoms with Gasteiger partial charge in [-0.25, -0.2) is 0 Å². The van der Waals surface area contributed by atoms with Crippen LogP contribution in [0.1, 0.15) is 42.7 Å². The maximum absolute atomic E-state index is 12.9. The van der Waals surface area contributed by atoms with Crippen LogP contribution in [0, 0.1) is 13.8 Å². The third kappa shape index (κ3) is 3.65. The molecule has 0 spiro atoms. The molecule has 1 aromatic heterocycles. The highest BCUT2D eigenvalue weighted by Crippen LogP contribution is 2.33. The van der Waals surface area contributed by atoms with Crippen LogP contribution in [0.3, 0.4) is 0 Å².